The molecule has 1 unspecified atom stereocenters. The number of benzene rings is 2. The summed E-state index contributed by atoms with van der Waals surface area (Å²) in [6.45, 7) is 1.28. The Morgan fingerprint density at radius 3 is 2.70 bits per heavy atom. The molecule has 2 aromatic carbocycles. The minimum absolute atomic E-state index is 0.000651. The number of nitrogens with zero attached hydrogens (tertiary/aromatic N) is 1. The van der Waals surface area contributed by atoms with Gasteiger partial charge in [0, 0.05) is 43.2 Å². The first-order valence-corrected chi connectivity index (χ1v) is 11.3. The van der Waals surface area contributed by atoms with Crippen LogP contribution in [0.3, 0.4) is 0 Å². The van der Waals surface area contributed by atoms with E-state index in [4.69, 9.17) is 9.47 Å². The monoisotopic (exact) mass is 449 g/mol. The molecule has 1 atom stereocenters. The van der Waals surface area contributed by atoms with Gasteiger partial charge in [0.15, 0.2) is 11.5 Å². The Kier molecular flexibility index (Phi) is 6.87. The summed E-state index contributed by atoms with van der Waals surface area (Å²) in [6, 6.07) is 16.1. The normalized spacial score (nSPS) is 17.7. The lowest BCUT2D eigenvalue weighted by Crippen LogP contribution is -2.44. The zero-order valence-corrected chi connectivity index (χ0v) is 19.2. The third-order valence-electron chi connectivity index (χ3n) is 6.41. The summed E-state index contributed by atoms with van der Waals surface area (Å²) in [5, 5.41) is 7.36. The molecule has 1 saturated heterocycles. The van der Waals surface area contributed by atoms with Crippen molar-refractivity contribution in [1.82, 2.24) is 15.2 Å². The molecule has 7 heteroatoms. The van der Waals surface area contributed by atoms with E-state index in [0.717, 1.165) is 11.1 Å². The van der Waals surface area contributed by atoms with Gasteiger partial charge in [-0.05, 0) is 54.5 Å². The van der Waals surface area contributed by atoms with Gasteiger partial charge < -0.3 is 24.7 Å². The van der Waals surface area contributed by atoms with Gasteiger partial charge >= 0.3 is 0 Å². The molecule has 0 saturated carbocycles. The number of carbonyl (C=O) groups is 2. The number of nitrogens with one attached hydrogen (secondary N) is 2. The van der Waals surface area contributed by atoms with E-state index >= 15 is 0 Å². The molecule has 7 nitrogen and oxygen atoms in total. The Bertz CT molecular complexity index is 1140. The quantitative estimate of drug-likeness (QED) is 0.497. The highest BCUT2D eigenvalue weighted by Crippen LogP contribution is 2.33. The molecule has 1 aromatic heterocycles. The van der Waals surface area contributed by atoms with E-state index in [9.17, 15) is 9.59 Å². The Hall–Kier alpha value is -3.48. The second-order valence-corrected chi connectivity index (χ2v) is 8.61. The molecule has 0 aliphatic carbocycles. The number of rotatable bonds is 10. The summed E-state index contributed by atoms with van der Waals surface area (Å²) in [4.78, 5) is 24.7. The van der Waals surface area contributed by atoms with Crippen LogP contribution in [0.15, 0.2) is 54.7 Å². The van der Waals surface area contributed by atoms with Gasteiger partial charge in [0.25, 0.3) is 0 Å². The van der Waals surface area contributed by atoms with Gasteiger partial charge in [0.05, 0.1) is 14.2 Å². The number of ether oxygens (including phenoxy) is 2. The van der Waals surface area contributed by atoms with Crippen LogP contribution in [-0.4, -0.2) is 42.7 Å². The minimum Gasteiger partial charge on any atom is -0.493 e. The maximum atomic E-state index is 12.6. The van der Waals surface area contributed by atoms with Crippen LogP contribution in [0, 0.1) is 0 Å². The van der Waals surface area contributed by atoms with E-state index in [1.54, 1.807) is 14.2 Å². The number of amides is 2. The van der Waals surface area contributed by atoms with Crippen LogP contribution >= 0.6 is 0 Å². The topological polar surface area (TPSA) is 81.6 Å². The van der Waals surface area contributed by atoms with E-state index in [-0.39, 0.29) is 11.8 Å². The first kappa shape index (κ1) is 22.7. The molecule has 2 N–H and O–H groups in total. The van der Waals surface area contributed by atoms with Crippen molar-refractivity contribution in [1.29, 1.82) is 0 Å². The van der Waals surface area contributed by atoms with Crippen LogP contribution in [0.1, 0.15) is 31.2 Å². The number of fused-ring (bicyclic) bond motifs is 1. The highest BCUT2D eigenvalue weighted by molar-refractivity contribution is 5.81. The lowest BCUT2D eigenvalue weighted by atomic mass is 9.85. The van der Waals surface area contributed by atoms with Gasteiger partial charge in [-0.2, -0.15) is 0 Å². The van der Waals surface area contributed by atoms with E-state index in [1.165, 1.54) is 5.39 Å². The van der Waals surface area contributed by atoms with Crippen molar-refractivity contribution in [2.75, 3.05) is 20.8 Å². The van der Waals surface area contributed by atoms with Crippen LogP contribution in [0.2, 0.25) is 0 Å². The largest absolute Gasteiger partial charge is 0.493 e. The van der Waals surface area contributed by atoms with Crippen LogP contribution < -0.4 is 20.1 Å². The van der Waals surface area contributed by atoms with Gasteiger partial charge in [-0.25, -0.2) is 0 Å². The minimum atomic E-state index is -0.426. The van der Waals surface area contributed by atoms with Crippen molar-refractivity contribution in [2.45, 2.75) is 44.2 Å². The standard InChI is InChI=1S/C26H31N3O4/c1-32-22-8-7-19(17-23(22)33-2)18-26(13-10-25(31)28-26)12-9-24(30)27-14-16-29-15-11-20-5-3-4-6-21(20)29/h3-8,11,15,17H,9-10,12-14,16,18H2,1-2H3,(H,27,30)(H,28,31). The van der Waals surface area contributed by atoms with Crippen LogP contribution in [0.5, 0.6) is 11.5 Å². The fourth-order valence-electron chi connectivity index (χ4n) is 4.66. The van der Waals surface area contributed by atoms with Gasteiger partial charge in [-0.1, -0.05) is 24.3 Å². The van der Waals surface area contributed by atoms with Crippen molar-refractivity contribution in [2.24, 2.45) is 0 Å². The molecule has 0 spiro atoms. The molecular weight excluding hydrogens is 418 g/mol. The van der Waals surface area contributed by atoms with E-state index in [1.807, 2.05) is 36.5 Å². The molecule has 174 valence electrons. The van der Waals surface area contributed by atoms with E-state index in [0.29, 0.717) is 56.7 Å². The van der Waals surface area contributed by atoms with Crippen LogP contribution in [0.4, 0.5) is 0 Å². The fourth-order valence-corrected chi connectivity index (χ4v) is 4.66. The van der Waals surface area contributed by atoms with E-state index in [2.05, 4.69) is 33.4 Å². The first-order valence-electron chi connectivity index (χ1n) is 11.3. The number of carbonyl (C=O) groups excluding carboxylic acids is 2. The molecule has 1 fully saturated rings. The number of methoxy groups -OCH3 is 2. The molecule has 0 bridgehead atoms. The highest BCUT2D eigenvalue weighted by Gasteiger charge is 2.38. The molecular formula is C26H31N3O4. The van der Waals surface area contributed by atoms with Crippen molar-refractivity contribution >= 4 is 22.7 Å². The zero-order chi connectivity index (χ0) is 23.3. The summed E-state index contributed by atoms with van der Waals surface area (Å²) in [7, 11) is 3.21. The van der Waals surface area contributed by atoms with Crippen molar-refractivity contribution < 1.29 is 19.1 Å². The molecule has 2 amide bonds. The lowest BCUT2D eigenvalue weighted by Gasteiger charge is -2.29. The molecule has 33 heavy (non-hydrogen) atoms. The molecule has 3 aromatic rings. The Morgan fingerprint density at radius 2 is 1.94 bits per heavy atom. The molecule has 1 aliphatic rings. The maximum Gasteiger partial charge on any atom is 0.220 e. The van der Waals surface area contributed by atoms with Gasteiger partial charge in [0.1, 0.15) is 0 Å². The Labute approximate surface area is 194 Å². The fraction of sp³-hybridized carbons (Fsp3) is 0.385. The predicted octanol–water partition coefficient (Wildman–Crippen LogP) is 3.45. The lowest BCUT2D eigenvalue weighted by molar-refractivity contribution is -0.122. The third kappa shape index (κ3) is 5.30. The van der Waals surface area contributed by atoms with Gasteiger partial charge in [-0.15, -0.1) is 0 Å². The summed E-state index contributed by atoms with van der Waals surface area (Å²) in [6.07, 6.45) is 4.83. The SMILES string of the molecule is COc1ccc(CC2(CCC(=O)NCCn3ccc4ccccc43)CCC(=O)N2)cc1OC. The average Bonchev–Trinajstić information content (AvgIpc) is 3.41. The van der Waals surface area contributed by atoms with Gasteiger partial charge in [0.2, 0.25) is 11.8 Å². The summed E-state index contributed by atoms with van der Waals surface area (Å²) >= 11 is 0. The van der Waals surface area contributed by atoms with Crippen molar-refractivity contribution in [3.8, 4) is 11.5 Å². The predicted molar refractivity (Wildman–Crippen MR) is 128 cm³/mol. The number of aromatic nitrogens is 1. The Morgan fingerprint density at radius 1 is 1.12 bits per heavy atom. The second-order valence-electron chi connectivity index (χ2n) is 8.61. The summed E-state index contributed by atoms with van der Waals surface area (Å²) in [5.74, 6) is 1.36. The first-order chi connectivity index (χ1) is 16.0. The van der Waals surface area contributed by atoms with Crippen LogP contribution in [0.25, 0.3) is 10.9 Å². The number of para-hydroxylation sites is 1. The molecule has 1 aliphatic heterocycles. The smallest absolute Gasteiger partial charge is 0.220 e. The highest BCUT2D eigenvalue weighted by atomic mass is 16.5. The second kappa shape index (κ2) is 9.98. The number of hydrogen-bond donors (Lipinski definition) is 2. The molecule has 0 radical (unpaired) electrons. The Balaban J connectivity index is 1.34. The van der Waals surface area contributed by atoms with E-state index < -0.39 is 5.54 Å². The van der Waals surface area contributed by atoms with Crippen molar-refractivity contribution in [3.05, 3.63) is 60.3 Å². The van der Waals surface area contributed by atoms with Crippen molar-refractivity contribution in [3.63, 3.8) is 0 Å². The maximum absolute atomic E-state index is 12.6. The zero-order valence-electron chi connectivity index (χ0n) is 19.2. The average molecular weight is 450 g/mol. The number of hydrogen-bond acceptors (Lipinski definition) is 4. The third-order valence-corrected chi connectivity index (χ3v) is 6.41. The molecule has 4 rings (SSSR count). The summed E-state index contributed by atoms with van der Waals surface area (Å²) < 4.78 is 12.9. The summed E-state index contributed by atoms with van der Waals surface area (Å²) in [5.41, 5.74) is 1.77. The van der Waals surface area contributed by atoms with Gasteiger partial charge in [-0.3, -0.25) is 9.59 Å². The van der Waals surface area contributed by atoms with Crippen LogP contribution in [-0.2, 0) is 22.6 Å². The molecule has 2 heterocycles.